The maximum absolute atomic E-state index is 13.2. The van der Waals surface area contributed by atoms with Gasteiger partial charge in [0.1, 0.15) is 0 Å². The molecule has 0 saturated carbocycles. The van der Waals surface area contributed by atoms with Crippen molar-refractivity contribution in [2.45, 2.75) is 56.1 Å². The van der Waals surface area contributed by atoms with Crippen LogP contribution in [0.25, 0.3) is 0 Å². The molecule has 10 heteroatoms. The summed E-state index contributed by atoms with van der Waals surface area (Å²) in [5, 5.41) is 9.08. The highest BCUT2D eigenvalue weighted by Crippen LogP contribution is 2.35. The van der Waals surface area contributed by atoms with Crippen molar-refractivity contribution in [1.82, 2.24) is 9.79 Å². The van der Waals surface area contributed by atoms with Crippen molar-refractivity contribution in [3.05, 3.63) is 0 Å². The van der Waals surface area contributed by atoms with Gasteiger partial charge in [0, 0.05) is 45.6 Å². The Morgan fingerprint density at radius 3 is 2.41 bits per heavy atom. The summed E-state index contributed by atoms with van der Waals surface area (Å²) in [5.74, 6) is -0.679. The van der Waals surface area contributed by atoms with Crippen molar-refractivity contribution >= 4 is 21.9 Å². The molecule has 0 aromatic heterocycles. The van der Waals surface area contributed by atoms with E-state index in [0.717, 1.165) is 32.1 Å². The number of rotatable bonds is 8. The van der Waals surface area contributed by atoms with E-state index < -0.39 is 20.7 Å². The molecule has 0 spiro atoms. The topological polar surface area (TPSA) is 122 Å². The van der Waals surface area contributed by atoms with Crippen molar-refractivity contribution in [2.75, 3.05) is 33.4 Å². The molecule has 2 rings (SSSR count). The molecular weight excluding hydrogens is 376 g/mol. The van der Waals surface area contributed by atoms with Gasteiger partial charge < -0.3 is 9.47 Å². The van der Waals surface area contributed by atoms with Crippen LogP contribution >= 0.6 is 0 Å². The second-order valence-electron chi connectivity index (χ2n) is 7.22. The number of unbranched alkanes of at least 4 members (excludes halogenated alkanes) is 1. The molecule has 2 heterocycles. The van der Waals surface area contributed by atoms with Gasteiger partial charge in [0.2, 0.25) is 10.0 Å². The number of nitrogens with zero attached hydrogens (tertiary/aromatic N) is 1. The van der Waals surface area contributed by atoms with Gasteiger partial charge in [0.15, 0.2) is 4.75 Å². The number of sulfonamides is 1. The van der Waals surface area contributed by atoms with Crippen LogP contribution in [0.1, 0.15) is 51.4 Å². The molecule has 0 radical (unpaired) electrons. The fraction of sp³-hybridized carbons (Fsp3) is 0.882. The lowest BCUT2D eigenvalue weighted by Gasteiger charge is -2.40. The summed E-state index contributed by atoms with van der Waals surface area (Å²) in [6.45, 7) is 1.07. The van der Waals surface area contributed by atoms with E-state index >= 15 is 0 Å². The van der Waals surface area contributed by atoms with Crippen LogP contribution in [0.3, 0.4) is 0 Å². The first-order valence-corrected chi connectivity index (χ1v) is 10.9. The van der Waals surface area contributed by atoms with Gasteiger partial charge in [-0.05, 0) is 25.2 Å². The molecule has 2 saturated heterocycles. The first-order valence-electron chi connectivity index (χ1n) is 9.46. The molecule has 1 amide bonds. The smallest absolute Gasteiger partial charge is 0.305 e. The fourth-order valence-corrected chi connectivity index (χ4v) is 6.04. The minimum Gasteiger partial charge on any atom is -0.469 e. The average molecular weight is 407 g/mol. The highest BCUT2D eigenvalue weighted by Gasteiger charge is 2.54. The van der Waals surface area contributed by atoms with E-state index in [1.807, 2.05) is 0 Å². The summed E-state index contributed by atoms with van der Waals surface area (Å²) in [5.41, 5.74) is 1.54. The number of carbonyl (C=O) groups is 2. The highest BCUT2D eigenvalue weighted by molar-refractivity contribution is 7.91. The van der Waals surface area contributed by atoms with Crippen LogP contribution in [0.4, 0.5) is 0 Å². The lowest BCUT2D eigenvalue weighted by Crippen LogP contribution is -2.60. The van der Waals surface area contributed by atoms with Gasteiger partial charge in [-0.25, -0.2) is 18.2 Å². The Bertz CT molecular complexity index is 609. The minimum atomic E-state index is -3.90. The van der Waals surface area contributed by atoms with Crippen LogP contribution < -0.4 is 5.48 Å². The molecule has 0 aromatic rings. The van der Waals surface area contributed by atoms with E-state index in [2.05, 4.69) is 4.74 Å². The quantitative estimate of drug-likeness (QED) is 0.265. The Morgan fingerprint density at radius 1 is 1.22 bits per heavy atom. The molecule has 0 bridgehead atoms. The van der Waals surface area contributed by atoms with Gasteiger partial charge in [0.05, 0.1) is 7.11 Å². The van der Waals surface area contributed by atoms with Gasteiger partial charge in [-0.15, -0.1) is 0 Å². The van der Waals surface area contributed by atoms with Gasteiger partial charge in [0.25, 0.3) is 5.91 Å². The van der Waals surface area contributed by atoms with Crippen LogP contribution in [0.15, 0.2) is 0 Å². The third kappa shape index (κ3) is 4.98. The molecule has 2 N–H and O–H groups in total. The number of hydrogen-bond acceptors (Lipinski definition) is 7. The van der Waals surface area contributed by atoms with Crippen molar-refractivity contribution < 1.29 is 32.7 Å². The van der Waals surface area contributed by atoms with Crippen LogP contribution in [-0.4, -0.2) is 68.0 Å². The predicted octanol–water partition coefficient (Wildman–Crippen LogP) is 0.816. The summed E-state index contributed by atoms with van der Waals surface area (Å²) in [6.07, 6.45) is 4.55. The zero-order valence-electron chi connectivity index (χ0n) is 15.8. The lowest BCUT2D eigenvalue weighted by atomic mass is 9.92. The number of methoxy groups -OCH3 is 1. The first-order chi connectivity index (χ1) is 12.9. The van der Waals surface area contributed by atoms with Gasteiger partial charge >= 0.3 is 5.97 Å². The van der Waals surface area contributed by atoms with Crippen molar-refractivity contribution in [1.29, 1.82) is 0 Å². The molecule has 27 heavy (non-hydrogen) atoms. The van der Waals surface area contributed by atoms with Gasteiger partial charge in [-0.2, -0.15) is 0 Å². The Hall–Kier alpha value is -1.23. The van der Waals surface area contributed by atoms with Crippen molar-refractivity contribution in [3.63, 3.8) is 0 Å². The number of amides is 1. The summed E-state index contributed by atoms with van der Waals surface area (Å²) in [6, 6.07) is 0. The Labute approximate surface area is 160 Å². The Kier molecular flexibility index (Phi) is 8.02. The van der Waals surface area contributed by atoms with E-state index in [0.29, 0.717) is 25.4 Å². The normalized spacial score (nSPS) is 21.6. The molecule has 2 aliphatic rings. The second kappa shape index (κ2) is 9.81. The molecule has 2 fully saturated rings. The number of ether oxygens (including phenoxy) is 2. The molecule has 0 atom stereocenters. The first kappa shape index (κ1) is 22.1. The largest absolute Gasteiger partial charge is 0.469 e. The zero-order valence-corrected chi connectivity index (χ0v) is 16.6. The van der Waals surface area contributed by atoms with E-state index in [4.69, 9.17) is 9.94 Å². The summed E-state index contributed by atoms with van der Waals surface area (Å²) < 4.78 is 35.9. The number of esters is 1. The van der Waals surface area contributed by atoms with E-state index in [1.54, 1.807) is 0 Å². The Balaban J connectivity index is 1.91. The maximum Gasteiger partial charge on any atom is 0.305 e. The monoisotopic (exact) mass is 406 g/mol. The lowest BCUT2D eigenvalue weighted by molar-refractivity contribution is -0.140. The number of piperidine rings is 1. The van der Waals surface area contributed by atoms with Crippen molar-refractivity contribution in [2.24, 2.45) is 5.92 Å². The summed E-state index contributed by atoms with van der Waals surface area (Å²) in [7, 11) is -2.53. The third-order valence-electron chi connectivity index (χ3n) is 5.69. The SMILES string of the molecule is COC(=O)CCCCC1CCN(S(=O)(=O)C2(C(=O)NO)CCOCC2)CC1. The highest BCUT2D eigenvalue weighted by atomic mass is 32.2. The molecule has 9 nitrogen and oxygen atoms in total. The molecular formula is C17H30N2O7S. The summed E-state index contributed by atoms with van der Waals surface area (Å²) >= 11 is 0. The summed E-state index contributed by atoms with van der Waals surface area (Å²) in [4.78, 5) is 23.4. The Morgan fingerprint density at radius 2 is 1.85 bits per heavy atom. The predicted molar refractivity (Wildman–Crippen MR) is 96.4 cm³/mol. The van der Waals surface area contributed by atoms with Gasteiger partial charge in [-0.3, -0.25) is 14.8 Å². The molecule has 0 unspecified atom stereocenters. The number of carbonyl (C=O) groups excluding carboxylic acids is 2. The number of nitrogens with one attached hydrogen (secondary N) is 1. The van der Waals surface area contributed by atoms with Crippen molar-refractivity contribution in [3.8, 4) is 0 Å². The molecule has 156 valence electrons. The minimum absolute atomic E-state index is 0.0369. The van der Waals surface area contributed by atoms with E-state index in [1.165, 1.54) is 16.9 Å². The second-order valence-corrected chi connectivity index (χ2v) is 9.46. The molecule has 0 aliphatic carbocycles. The molecule has 2 aliphatic heterocycles. The zero-order chi connectivity index (χ0) is 19.9. The standard InChI is InChI=1S/C17H30N2O7S/c1-25-15(20)5-3-2-4-14-6-10-19(11-7-14)27(23,24)17(16(21)18-22)8-12-26-13-9-17/h14,22H,2-13H2,1H3,(H,18,21). The molecule has 0 aromatic carbocycles. The van der Waals surface area contributed by atoms with E-state index in [9.17, 15) is 18.0 Å². The van der Waals surface area contributed by atoms with Crippen LogP contribution in [0, 0.1) is 5.92 Å². The van der Waals surface area contributed by atoms with Crippen LogP contribution in [-0.2, 0) is 29.1 Å². The number of hydrogen-bond donors (Lipinski definition) is 2. The van der Waals surface area contributed by atoms with Crippen LogP contribution in [0.5, 0.6) is 0 Å². The van der Waals surface area contributed by atoms with E-state index in [-0.39, 0.29) is 32.0 Å². The third-order valence-corrected chi connectivity index (χ3v) is 8.32. The number of hydroxylamine groups is 1. The average Bonchev–Trinajstić information content (AvgIpc) is 2.71. The fourth-order valence-electron chi connectivity index (χ4n) is 3.90. The van der Waals surface area contributed by atoms with Crippen LogP contribution in [0.2, 0.25) is 0 Å². The van der Waals surface area contributed by atoms with Gasteiger partial charge in [-0.1, -0.05) is 12.8 Å². The maximum atomic E-state index is 13.2.